The lowest BCUT2D eigenvalue weighted by Gasteiger charge is -1.99. The van der Waals surface area contributed by atoms with Crippen LogP contribution in [-0.2, 0) is 0 Å². The first-order valence-corrected chi connectivity index (χ1v) is 3.64. The van der Waals surface area contributed by atoms with Crippen LogP contribution in [0.4, 0.5) is 5.69 Å². The van der Waals surface area contributed by atoms with E-state index in [1.165, 1.54) is 12.1 Å². The first kappa shape index (κ1) is 11.2. The van der Waals surface area contributed by atoms with Crippen LogP contribution in [0, 0.1) is 0 Å². The maximum Gasteiger partial charge on any atom is 0.0651 e. The number of halogens is 4. The minimum absolute atomic E-state index is 0. The highest BCUT2D eigenvalue weighted by Gasteiger charge is 2.01. The van der Waals surface area contributed by atoms with Gasteiger partial charge in [-0.15, -0.1) is 12.4 Å². The van der Waals surface area contributed by atoms with Gasteiger partial charge in [-0.1, -0.05) is 34.8 Å². The van der Waals surface area contributed by atoms with Crippen LogP contribution < -0.4 is 5.73 Å². The standard InChI is InChI=1S/C6H4Cl3N.ClH/c7-3-1-5(9)6(10)2-4(3)8;/h1-2H,10H2;1H. The zero-order valence-corrected chi connectivity index (χ0v) is 8.36. The second kappa shape index (κ2) is 4.27. The molecule has 0 aliphatic heterocycles. The van der Waals surface area contributed by atoms with Gasteiger partial charge in [-0.25, -0.2) is 0 Å². The van der Waals surface area contributed by atoms with Crippen molar-refractivity contribution in [2.75, 3.05) is 5.73 Å². The number of anilines is 1. The molecular weight excluding hydrogens is 228 g/mol. The number of nitrogens with two attached hydrogens (primary N) is 1. The van der Waals surface area contributed by atoms with Crippen molar-refractivity contribution in [1.29, 1.82) is 0 Å². The molecule has 0 aromatic heterocycles. The van der Waals surface area contributed by atoms with Gasteiger partial charge in [-0.05, 0) is 12.1 Å². The molecule has 1 aromatic rings. The fourth-order valence-corrected chi connectivity index (χ4v) is 1.09. The highest BCUT2D eigenvalue weighted by Crippen LogP contribution is 2.29. The summed E-state index contributed by atoms with van der Waals surface area (Å²) >= 11 is 16.8. The van der Waals surface area contributed by atoms with Gasteiger partial charge in [0.05, 0.1) is 20.8 Å². The molecule has 0 radical (unpaired) electrons. The molecule has 1 rings (SSSR count). The van der Waals surface area contributed by atoms with Crippen LogP contribution >= 0.6 is 47.2 Å². The summed E-state index contributed by atoms with van der Waals surface area (Å²) < 4.78 is 0. The largest absolute Gasteiger partial charge is 0.397 e. The minimum Gasteiger partial charge on any atom is -0.397 e. The smallest absolute Gasteiger partial charge is 0.0651 e. The van der Waals surface area contributed by atoms with E-state index in [4.69, 9.17) is 40.5 Å². The molecule has 0 atom stereocenters. The summed E-state index contributed by atoms with van der Waals surface area (Å²) in [7, 11) is 0. The van der Waals surface area contributed by atoms with Gasteiger partial charge in [0, 0.05) is 0 Å². The summed E-state index contributed by atoms with van der Waals surface area (Å²) in [5, 5.41) is 1.26. The molecule has 0 unspecified atom stereocenters. The van der Waals surface area contributed by atoms with Gasteiger partial charge < -0.3 is 5.73 Å². The van der Waals surface area contributed by atoms with Crippen molar-refractivity contribution in [1.82, 2.24) is 0 Å². The maximum absolute atomic E-state index is 5.62. The third-order valence-corrected chi connectivity index (χ3v) is 2.09. The Bertz CT molecular complexity index is 211. The molecule has 0 aliphatic rings. The zero-order chi connectivity index (χ0) is 7.72. The van der Waals surface area contributed by atoms with E-state index in [-0.39, 0.29) is 12.4 Å². The van der Waals surface area contributed by atoms with Crippen molar-refractivity contribution < 1.29 is 0 Å². The second-order valence-electron chi connectivity index (χ2n) is 1.79. The lowest BCUT2D eigenvalue weighted by atomic mass is 10.3. The summed E-state index contributed by atoms with van der Waals surface area (Å²) in [5.41, 5.74) is 5.86. The van der Waals surface area contributed by atoms with Gasteiger partial charge in [0.15, 0.2) is 0 Å². The highest BCUT2D eigenvalue weighted by molar-refractivity contribution is 6.43. The average molecular weight is 233 g/mol. The van der Waals surface area contributed by atoms with E-state index in [0.717, 1.165) is 0 Å². The first-order chi connectivity index (χ1) is 4.61. The molecule has 11 heavy (non-hydrogen) atoms. The predicted octanol–water partition coefficient (Wildman–Crippen LogP) is 3.65. The Labute approximate surface area is 85.8 Å². The number of hydrogen-bond acceptors (Lipinski definition) is 1. The summed E-state index contributed by atoms with van der Waals surface area (Å²) in [6.07, 6.45) is 0. The molecule has 0 bridgehead atoms. The lowest BCUT2D eigenvalue weighted by molar-refractivity contribution is 1.68. The van der Waals surface area contributed by atoms with E-state index in [2.05, 4.69) is 0 Å². The Morgan fingerprint density at radius 2 is 1.36 bits per heavy atom. The first-order valence-electron chi connectivity index (χ1n) is 2.51. The van der Waals surface area contributed by atoms with Crippen LogP contribution in [0.3, 0.4) is 0 Å². The van der Waals surface area contributed by atoms with E-state index < -0.39 is 0 Å². The van der Waals surface area contributed by atoms with Crippen LogP contribution in [0.1, 0.15) is 0 Å². The number of hydrogen-bond donors (Lipinski definition) is 1. The van der Waals surface area contributed by atoms with Crippen molar-refractivity contribution in [3.8, 4) is 0 Å². The quantitative estimate of drug-likeness (QED) is 0.537. The Morgan fingerprint density at radius 3 is 1.82 bits per heavy atom. The Balaban J connectivity index is 0.000001000. The Kier molecular flexibility index (Phi) is 4.34. The predicted molar refractivity (Wildman–Crippen MR) is 53.1 cm³/mol. The molecular formula is C6H5Cl4N. The molecule has 1 aromatic carbocycles. The van der Waals surface area contributed by atoms with Gasteiger partial charge in [0.25, 0.3) is 0 Å². The van der Waals surface area contributed by atoms with Crippen LogP contribution in [0.15, 0.2) is 12.1 Å². The molecule has 0 heterocycles. The monoisotopic (exact) mass is 231 g/mol. The number of nitrogen functional groups attached to an aromatic ring is 1. The van der Waals surface area contributed by atoms with Gasteiger partial charge in [0.2, 0.25) is 0 Å². The molecule has 0 fully saturated rings. The van der Waals surface area contributed by atoms with Crippen molar-refractivity contribution in [3.05, 3.63) is 27.2 Å². The fourth-order valence-electron chi connectivity index (χ4n) is 0.538. The molecule has 0 amide bonds. The van der Waals surface area contributed by atoms with E-state index >= 15 is 0 Å². The van der Waals surface area contributed by atoms with Crippen molar-refractivity contribution in [2.45, 2.75) is 0 Å². The van der Waals surface area contributed by atoms with Gasteiger partial charge in [-0.3, -0.25) is 0 Å². The topological polar surface area (TPSA) is 26.0 Å². The second-order valence-corrected chi connectivity index (χ2v) is 3.01. The molecule has 0 aliphatic carbocycles. The van der Waals surface area contributed by atoms with Crippen molar-refractivity contribution in [3.63, 3.8) is 0 Å². The summed E-state index contributed by atoms with van der Waals surface area (Å²) in [4.78, 5) is 0. The van der Waals surface area contributed by atoms with Crippen LogP contribution in [0.2, 0.25) is 15.1 Å². The molecule has 0 saturated carbocycles. The summed E-state index contributed by atoms with van der Waals surface area (Å²) in [6.45, 7) is 0. The third kappa shape index (κ3) is 2.60. The minimum atomic E-state index is 0. The SMILES string of the molecule is Cl.Nc1cc(Cl)c(Cl)cc1Cl. The van der Waals surface area contributed by atoms with Gasteiger partial charge >= 0.3 is 0 Å². The molecule has 5 heteroatoms. The number of rotatable bonds is 0. The van der Waals surface area contributed by atoms with Crippen LogP contribution in [0.25, 0.3) is 0 Å². The number of benzene rings is 1. The Hall–Kier alpha value is 0.180. The van der Waals surface area contributed by atoms with Crippen LogP contribution in [-0.4, -0.2) is 0 Å². The normalized spacial score (nSPS) is 9.00. The summed E-state index contributed by atoms with van der Waals surface area (Å²) in [5.74, 6) is 0. The van der Waals surface area contributed by atoms with Crippen LogP contribution in [0.5, 0.6) is 0 Å². The van der Waals surface area contributed by atoms with Crippen molar-refractivity contribution in [2.24, 2.45) is 0 Å². The average Bonchev–Trinajstić information content (AvgIpc) is 1.84. The molecule has 2 N–H and O–H groups in total. The lowest BCUT2D eigenvalue weighted by Crippen LogP contribution is -1.85. The summed E-state index contributed by atoms with van der Waals surface area (Å²) in [6, 6.07) is 3.03. The van der Waals surface area contributed by atoms with Gasteiger partial charge in [-0.2, -0.15) is 0 Å². The third-order valence-electron chi connectivity index (χ3n) is 1.04. The van der Waals surface area contributed by atoms with Gasteiger partial charge in [0.1, 0.15) is 0 Å². The zero-order valence-electron chi connectivity index (χ0n) is 5.27. The molecule has 0 saturated heterocycles. The van der Waals surface area contributed by atoms with E-state index in [0.29, 0.717) is 20.8 Å². The molecule has 62 valence electrons. The van der Waals surface area contributed by atoms with E-state index in [1.54, 1.807) is 0 Å². The maximum atomic E-state index is 5.62. The van der Waals surface area contributed by atoms with E-state index in [1.807, 2.05) is 0 Å². The highest BCUT2D eigenvalue weighted by atomic mass is 35.5. The molecule has 0 spiro atoms. The fraction of sp³-hybridized carbons (Fsp3) is 0. The van der Waals surface area contributed by atoms with Crippen molar-refractivity contribution >= 4 is 52.9 Å². The molecule has 1 nitrogen and oxygen atoms in total. The van der Waals surface area contributed by atoms with E-state index in [9.17, 15) is 0 Å². The Morgan fingerprint density at radius 1 is 0.909 bits per heavy atom.